The third kappa shape index (κ3) is 5.40. The van der Waals surface area contributed by atoms with Gasteiger partial charge in [-0.1, -0.05) is 23.2 Å². The maximum absolute atomic E-state index is 12.6. The first-order valence-corrected chi connectivity index (χ1v) is 11.1. The van der Waals surface area contributed by atoms with E-state index in [9.17, 15) is 13.2 Å². The first kappa shape index (κ1) is 21.9. The van der Waals surface area contributed by atoms with Crippen LogP contribution in [0.15, 0.2) is 47.4 Å². The molecule has 1 heterocycles. The van der Waals surface area contributed by atoms with Crippen molar-refractivity contribution in [2.24, 2.45) is 0 Å². The number of carbonyl (C=O) groups excluding carboxylic acids is 1. The van der Waals surface area contributed by atoms with E-state index in [2.05, 4.69) is 5.32 Å². The number of amides is 1. The highest BCUT2D eigenvalue weighted by Gasteiger charge is 2.26. The molecule has 1 N–H and O–H groups in total. The van der Waals surface area contributed by atoms with Gasteiger partial charge < -0.3 is 14.8 Å². The maximum atomic E-state index is 12.6. The average Bonchev–Trinajstić information content (AvgIpc) is 2.71. The van der Waals surface area contributed by atoms with Crippen molar-refractivity contribution in [3.63, 3.8) is 0 Å². The van der Waals surface area contributed by atoms with Crippen LogP contribution in [0.1, 0.15) is 6.92 Å². The maximum Gasteiger partial charge on any atom is 0.265 e. The van der Waals surface area contributed by atoms with Crippen LogP contribution in [0.4, 0.5) is 5.69 Å². The van der Waals surface area contributed by atoms with Crippen LogP contribution in [-0.4, -0.2) is 51.0 Å². The fraction of sp³-hybridized carbons (Fsp3) is 0.316. The molecular weight excluding hydrogens is 439 g/mol. The molecule has 0 saturated carbocycles. The van der Waals surface area contributed by atoms with Gasteiger partial charge in [0, 0.05) is 23.8 Å². The molecule has 3 rings (SSSR count). The Morgan fingerprint density at radius 1 is 1.14 bits per heavy atom. The molecule has 0 aliphatic carbocycles. The van der Waals surface area contributed by atoms with Crippen LogP contribution in [0.5, 0.6) is 5.75 Å². The van der Waals surface area contributed by atoms with Crippen molar-refractivity contribution in [1.82, 2.24) is 4.31 Å². The van der Waals surface area contributed by atoms with E-state index in [-0.39, 0.29) is 4.90 Å². The minimum atomic E-state index is -3.58. The average molecular weight is 459 g/mol. The van der Waals surface area contributed by atoms with Gasteiger partial charge in [0.1, 0.15) is 5.75 Å². The van der Waals surface area contributed by atoms with Crippen molar-refractivity contribution in [3.05, 3.63) is 52.5 Å². The lowest BCUT2D eigenvalue weighted by molar-refractivity contribution is -0.122. The first-order chi connectivity index (χ1) is 13.8. The molecule has 1 amide bonds. The summed E-state index contributed by atoms with van der Waals surface area (Å²) < 4.78 is 37.4. The second-order valence-electron chi connectivity index (χ2n) is 6.36. The standard InChI is InChI=1S/C19H20Cl2N2O5S/c1-13(28-18-7-2-14(20)12-17(18)21)19(24)22-15-3-5-16(6-4-15)29(25,26)23-8-10-27-11-9-23/h2-7,12-13H,8-11H2,1H3,(H,22,24). The van der Waals surface area contributed by atoms with Crippen molar-refractivity contribution in [2.45, 2.75) is 17.9 Å². The van der Waals surface area contributed by atoms with Crippen LogP contribution in [-0.2, 0) is 19.6 Å². The molecule has 29 heavy (non-hydrogen) atoms. The molecule has 10 heteroatoms. The Kier molecular flexibility index (Phi) is 7.02. The normalized spacial score (nSPS) is 16.2. The van der Waals surface area contributed by atoms with Crippen molar-refractivity contribution >= 4 is 44.8 Å². The van der Waals surface area contributed by atoms with Crippen LogP contribution in [0.2, 0.25) is 10.0 Å². The highest BCUT2D eigenvalue weighted by atomic mass is 35.5. The lowest BCUT2D eigenvalue weighted by atomic mass is 10.3. The fourth-order valence-electron chi connectivity index (χ4n) is 2.70. The zero-order chi connectivity index (χ0) is 21.0. The van der Waals surface area contributed by atoms with Crippen molar-refractivity contribution in [2.75, 3.05) is 31.6 Å². The Balaban J connectivity index is 1.63. The minimum Gasteiger partial charge on any atom is -0.479 e. The van der Waals surface area contributed by atoms with Crippen molar-refractivity contribution in [3.8, 4) is 5.75 Å². The number of hydrogen-bond donors (Lipinski definition) is 1. The molecule has 1 atom stereocenters. The van der Waals surface area contributed by atoms with E-state index in [0.717, 1.165) is 0 Å². The molecule has 7 nitrogen and oxygen atoms in total. The summed E-state index contributed by atoms with van der Waals surface area (Å²) in [5.41, 5.74) is 0.452. The Morgan fingerprint density at radius 3 is 2.41 bits per heavy atom. The number of hydrogen-bond acceptors (Lipinski definition) is 5. The zero-order valence-electron chi connectivity index (χ0n) is 15.6. The zero-order valence-corrected chi connectivity index (χ0v) is 17.9. The van der Waals surface area contributed by atoms with Crippen LogP contribution in [0.25, 0.3) is 0 Å². The summed E-state index contributed by atoms with van der Waals surface area (Å²) in [7, 11) is -3.58. The quantitative estimate of drug-likeness (QED) is 0.716. The van der Waals surface area contributed by atoms with E-state index in [1.807, 2.05) is 0 Å². The molecule has 1 aliphatic heterocycles. The summed E-state index contributed by atoms with van der Waals surface area (Å²) >= 11 is 11.9. The lowest BCUT2D eigenvalue weighted by Crippen LogP contribution is -2.40. The molecule has 1 aliphatic rings. The van der Waals surface area contributed by atoms with Crippen LogP contribution in [0.3, 0.4) is 0 Å². The van der Waals surface area contributed by atoms with Gasteiger partial charge in [0.15, 0.2) is 6.10 Å². The molecule has 0 spiro atoms. The van der Waals surface area contributed by atoms with Crippen LogP contribution < -0.4 is 10.1 Å². The van der Waals surface area contributed by atoms with Gasteiger partial charge in [0.05, 0.1) is 23.1 Å². The fourth-order valence-corrected chi connectivity index (χ4v) is 4.57. The van der Waals surface area contributed by atoms with Gasteiger partial charge in [-0.15, -0.1) is 0 Å². The predicted octanol–water partition coefficient (Wildman–Crippen LogP) is 3.42. The molecule has 1 fully saturated rings. The third-order valence-electron chi connectivity index (χ3n) is 4.30. The summed E-state index contributed by atoms with van der Waals surface area (Å²) in [6.07, 6.45) is -0.828. The molecule has 0 radical (unpaired) electrons. The van der Waals surface area contributed by atoms with Crippen molar-refractivity contribution < 1.29 is 22.7 Å². The number of nitrogens with zero attached hydrogens (tertiary/aromatic N) is 1. The summed E-state index contributed by atoms with van der Waals surface area (Å²) in [5, 5.41) is 3.45. The van der Waals surface area contributed by atoms with E-state index in [1.54, 1.807) is 19.1 Å². The minimum absolute atomic E-state index is 0.162. The molecule has 0 aromatic heterocycles. The Hall–Kier alpha value is -1.84. The highest BCUT2D eigenvalue weighted by Crippen LogP contribution is 2.28. The van der Waals surface area contributed by atoms with E-state index in [4.69, 9.17) is 32.7 Å². The van der Waals surface area contributed by atoms with Gasteiger partial charge in [0.2, 0.25) is 10.0 Å². The predicted molar refractivity (Wildman–Crippen MR) is 111 cm³/mol. The monoisotopic (exact) mass is 458 g/mol. The Morgan fingerprint density at radius 2 is 1.79 bits per heavy atom. The lowest BCUT2D eigenvalue weighted by Gasteiger charge is -2.26. The number of rotatable bonds is 6. The van der Waals surface area contributed by atoms with Crippen molar-refractivity contribution in [1.29, 1.82) is 0 Å². The largest absolute Gasteiger partial charge is 0.479 e. The van der Waals surface area contributed by atoms with Gasteiger partial charge in [-0.2, -0.15) is 4.31 Å². The van der Waals surface area contributed by atoms with Gasteiger partial charge in [-0.25, -0.2) is 8.42 Å². The number of benzene rings is 2. The van der Waals surface area contributed by atoms with E-state index >= 15 is 0 Å². The number of halogens is 2. The Labute approximate surface area is 179 Å². The smallest absolute Gasteiger partial charge is 0.265 e. The first-order valence-electron chi connectivity index (χ1n) is 8.88. The number of sulfonamides is 1. The van der Waals surface area contributed by atoms with E-state index < -0.39 is 22.0 Å². The SMILES string of the molecule is CC(Oc1ccc(Cl)cc1Cl)C(=O)Nc1ccc(S(=O)(=O)N2CCOCC2)cc1. The van der Waals surface area contributed by atoms with Crippen LogP contribution in [0, 0.1) is 0 Å². The van der Waals surface area contributed by atoms with Gasteiger partial charge in [-0.3, -0.25) is 4.79 Å². The molecule has 1 unspecified atom stereocenters. The number of morpholine rings is 1. The molecule has 156 valence electrons. The summed E-state index contributed by atoms with van der Waals surface area (Å²) in [6, 6.07) is 10.7. The summed E-state index contributed by atoms with van der Waals surface area (Å²) in [4.78, 5) is 12.5. The van der Waals surface area contributed by atoms with Crippen LogP contribution >= 0.6 is 23.2 Å². The molecule has 2 aromatic rings. The topological polar surface area (TPSA) is 84.9 Å². The van der Waals surface area contributed by atoms with Gasteiger partial charge in [0.25, 0.3) is 5.91 Å². The van der Waals surface area contributed by atoms with Gasteiger partial charge in [-0.05, 0) is 49.4 Å². The highest BCUT2D eigenvalue weighted by molar-refractivity contribution is 7.89. The Bertz CT molecular complexity index is 977. The molecule has 0 bridgehead atoms. The number of nitrogens with one attached hydrogen (secondary N) is 1. The molecule has 2 aromatic carbocycles. The second-order valence-corrected chi connectivity index (χ2v) is 9.15. The third-order valence-corrected chi connectivity index (χ3v) is 6.74. The molecular formula is C19H20Cl2N2O5S. The summed E-state index contributed by atoms with van der Waals surface area (Å²) in [6.45, 7) is 2.98. The summed E-state index contributed by atoms with van der Waals surface area (Å²) in [5.74, 6) is -0.0644. The molecule has 1 saturated heterocycles. The number of ether oxygens (including phenoxy) is 2. The van der Waals surface area contributed by atoms with E-state index in [1.165, 1.54) is 34.6 Å². The van der Waals surface area contributed by atoms with E-state index in [0.29, 0.717) is 47.8 Å². The number of carbonyl (C=O) groups is 1. The number of anilines is 1. The van der Waals surface area contributed by atoms with Gasteiger partial charge >= 0.3 is 0 Å². The second kappa shape index (κ2) is 9.32.